The SMILES string of the molecule is CCN(CC)CCCC(C)Nc1cc(/C=C/c2ccc([N+](=O)[O-])o2)nc2cc(Cl)ccc12. The van der Waals surface area contributed by atoms with Gasteiger partial charge in [0.25, 0.3) is 0 Å². The molecule has 0 bridgehead atoms. The molecule has 2 aromatic heterocycles. The van der Waals surface area contributed by atoms with Crippen molar-refractivity contribution >= 4 is 46.2 Å². The number of aromatic nitrogens is 1. The Kier molecular flexibility index (Phi) is 8.25. The predicted octanol–water partition coefficient (Wildman–Crippen LogP) is 6.48. The molecule has 3 rings (SSSR count). The molecule has 0 aliphatic heterocycles. The summed E-state index contributed by atoms with van der Waals surface area (Å²) in [5.74, 6) is 0.104. The molecule has 1 N–H and O–H groups in total. The number of hydrogen-bond donors (Lipinski definition) is 1. The number of furan rings is 1. The average Bonchev–Trinajstić information content (AvgIpc) is 3.24. The van der Waals surface area contributed by atoms with Gasteiger partial charge in [0.15, 0.2) is 0 Å². The molecule has 32 heavy (non-hydrogen) atoms. The normalized spacial score (nSPS) is 12.7. The number of anilines is 1. The highest BCUT2D eigenvalue weighted by Crippen LogP contribution is 2.28. The van der Waals surface area contributed by atoms with Gasteiger partial charge in [0.2, 0.25) is 0 Å². The Balaban J connectivity index is 1.80. The summed E-state index contributed by atoms with van der Waals surface area (Å²) in [5.41, 5.74) is 2.46. The number of rotatable bonds is 11. The van der Waals surface area contributed by atoms with Crippen molar-refractivity contribution in [2.24, 2.45) is 0 Å². The zero-order valence-electron chi connectivity index (χ0n) is 18.7. The second kappa shape index (κ2) is 11.1. The first-order valence-corrected chi connectivity index (χ1v) is 11.3. The quantitative estimate of drug-likeness (QED) is 0.262. The van der Waals surface area contributed by atoms with Crippen LogP contribution < -0.4 is 5.32 Å². The molecule has 3 aromatic rings. The van der Waals surface area contributed by atoms with Gasteiger partial charge >= 0.3 is 5.88 Å². The van der Waals surface area contributed by atoms with Crippen molar-refractivity contribution in [3.8, 4) is 0 Å². The summed E-state index contributed by atoms with van der Waals surface area (Å²) in [6.07, 6.45) is 5.62. The van der Waals surface area contributed by atoms with Gasteiger partial charge in [-0.3, -0.25) is 10.1 Å². The number of pyridine rings is 1. The molecular formula is C24H29ClN4O3. The zero-order valence-corrected chi connectivity index (χ0v) is 19.4. The summed E-state index contributed by atoms with van der Waals surface area (Å²) in [6.45, 7) is 9.80. The molecule has 0 spiro atoms. The minimum atomic E-state index is -0.558. The van der Waals surface area contributed by atoms with Gasteiger partial charge in [-0.15, -0.1) is 0 Å². The van der Waals surface area contributed by atoms with E-state index >= 15 is 0 Å². The van der Waals surface area contributed by atoms with Crippen molar-refractivity contribution in [2.75, 3.05) is 25.0 Å². The monoisotopic (exact) mass is 456 g/mol. The Morgan fingerprint density at radius 2 is 2.00 bits per heavy atom. The van der Waals surface area contributed by atoms with Crippen LogP contribution in [-0.4, -0.2) is 40.5 Å². The van der Waals surface area contributed by atoms with Gasteiger partial charge in [-0.2, -0.15) is 0 Å². The summed E-state index contributed by atoms with van der Waals surface area (Å²) in [5, 5.41) is 16.0. The van der Waals surface area contributed by atoms with E-state index in [0.29, 0.717) is 16.5 Å². The average molecular weight is 457 g/mol. The number of fused-ring (bicyclic) bond motifs is 1. The second-order valence-corrected chi connectivity index (χ2v) is 8.17. The molecule has 0 saturated carbocycles. The summed E-state index contributed by atoms with van der Waals surface area (Å²) in [6, 6.07) is 10.8. The summed E-state index contributed by atoms with van der Waals surface area (Å²) in [4.78, 5) is 17.4. The first kappa shape index (κ1) is 23.8. The van der Waals surface area contributed by atoms with Crippen LogP contribution in [0.1, 0.15) is 45.1 Å². The molecule has 0 fully saturated rings. The maximum Gasteiger partial charge on any atom is 0.433 e. The van der Waals surface area contributed by atoms with Gasteiger partial charge < -0.3 is 14.6 Å². The molecule has 0 aliphatic rings. The molecule has 1 atom stereocenters. The third-order valence-corrected chi connectivity index (χ3v) is 5.65. The van der Waals surface area contributed by atoms with E-state index in [1.54, 1.807) is 18.2 Å². The predicted molar refractivity (Wildman–Crippen MR) is 131 cm³/mol. The lowest BCUT2D eigenvalue weighted by Gasteiger charge is -2.21. The number of nitrogens with zero attached hydrogens (tertiary/aromatic N) is 3. The number of nitro groups is 1. The second-order valence-electron chi connectivity index (χ2n) is 7.74. The Morgan fingerprint density at radius 1 is 1.22 bits per heavy atom. The Morgan fingerprint density at radius 3 is 2.69 bits per heavy atom. The molecule has 2 heterocycles. The number of benzene rings is 1. The highest BCUT2D eigenvalue weighted by molar-refractivity contribution is 6.31. The van der Waals surface area contributed by atoms with E-state index in [2.05, 4.69) is 36.0 Å². The van der Waals surface area contributed by atoms with Crippen LogP contribution in [0.25, 0.3) is 23.1 Å². The van der Waals surface area contributed by atoms with Crippen LogP contribution >= 0.6 is 11.6 Å². The van der Waals surface area contributed by atoms with Crippen LogP contribution in [0.4, 0.5) is 11.6 Å². The molecule has 170 valence electrons. The third-order valence-electron chi connectivity index (χ3n) is 5.41. The lowest BCUT2D eigenvalue weighted by Crippen LogP contribution is -2.25. The van der Waals surface area contributed by atoms with Gasteiger partial charge in [0, 0.05) is 22.1 Å². The first-order valence-electron chi connectivity index (χ1n) is 10.9. The van der Waals surface area contributed by atoms with Gasteiger partial charge in [0.1, 0.15) is 10.7 Å². The fourth-order valence-corrected chi connectivity index (χ4v) is 3.79. The van der Waals surface area contributed by atoms with E-state index in [4.69, 9.17) is 16.0 Å². The number of hydrogen-bond acceptors (Lipinski definition) is 6. The van der Waals surface area contributed by atoms with Crippen LogP contribution in [0, 0.1) is 10.1 Å². The van der Waals surface area contributed by atoms with Crippen LogP contribution in [-0.2, 0) is 0 Å². The van der Waals surface area contributed by atoms with E-state index in [1.165, 1.54) is 6.07 Å². The van der Waals surface area contributed by atoms with Gasteiger partial charge in [-0.1, -0.05) is 25.4 Å². The van der Waals surface area contributed by atoms with Gasteiger partial charge in [-0.25, -0.2) is 4.98 Å². The molecule has 0 saturated heterocycles. The van der Waals surface area contributed by atoms with Crippen LogP contribution in [0.3, 0.4) is 0 Å². The highest BCUT2D eigenvalue weighted by Gasteiger charge is 2.11. The van der Waals surface area contributed by atoms with E-state index in [9.17, 15) is 10.1 Å². The summed E-state index contributed by atoms with van der Waals surface area (Å²) >= 11 is 6.20. The van der Waals surface area contributed by atoms with Gasteiger partial charge in [0.05, 0.1) is 17.3 Å². The molecular weight excluding hydrogens is 428 g/mol. The third kappa shape index (κ3) is 6.31. The lowest BCUT2D eigenvalue weighted by atomic mass is 10.1. The minimum absolute atomic E-state index is 0.288. The van der Waals surface area contributed by atoms with Crippen molar-refractivity contribution in [3.63, 3.8) is 0 Å². The molecule has 7 nitrogen and oxygen atoms in total. The Labute approximate surface area is 193 Å². The maximum absolute atomic E-state index is 10.8. The Hall–Kier alpha value is -2.90. The van der Waals surface area contributed by atoms with Crippen molar-refractivity contribution in [2.45, 2.75) is 39.7 Å². The zero-order chi connectivity index (χ0) is 23.1. The molecule has 8 heteroatoms. The van der Waals surface area contributed by atoms with E-state index in [1.807, 2.05) is 24.3 Å². The Bertz CT molecular complexity index is 1090. The van der Waals surface area contributed by atoms with E-state index in [-0.39, 0.29) is 11.9 Å². The van der Waals surface area contributed by atoms with Crippen LogP contribution in [0.15, 0.2) is 40.8 Å². The lowest BCUT2D eigenvalue weighted by molar-refractivity contribution is -0.402. The first-order chi connectivity index (χ1) is 15.4. The summed E-state index contributed by atoms with van der Waals surface area (Å²) < 4.78 is 5.20. The molecule has 0 radical (unpaired) electrons. The smallest absolute Gasteiger partial charge is 0.401 e. The molecule has 0 amide bonds. The highest BCUT2D eigenvalue weighted by atomic mass is 35.5. The number of halogens is 1. The van der Waals surface area contributed by atoms with Crippen molar-refractivity contribution in [1.29, 1.82) is 0 Å². The largest absolute Gasteiger partial charge is 0.433 e. The maximum atomic E-state index is 10.8. The molecule has 1 unspecified atom stereocenters. The minimum Gasteiger partial charge on any atom is -0.401 e. The van der Waals surface area contributed by atoms with Gasteiger partial charge in [-0.05, 0) is 81.9 Å². The van der Waals surface area contributed by atoms with Crippen LogP contribution in [0.2, 0.25) is 5.02 Å². The summed E-state index contributed by atoms with van der Waals surface area (Å²) in [7, 11) is 0. The van der Waals surface area contributed by atoms with E-state index in [0.717, 1.165) is 49.1 Å². The fraction of sp³-hybridized carbons (Fsp3) is 0.375. The topological polar surface area (TPSA) is 84.4 Å². The molecule has 1 aromatic carbocycles. The van der Waals surface area contributed by atoms with Crippen LogP contribution in [0.5, 0.6) is 0 Å². The van der Waals surface area contributed by atoms with Crippen molar-refractivity contribution in [1.82, 2.24) is 9.88 Å². The fourth-order valence-electron chi connectivity index (χ4n) is 3.62. The van der Waals surface area contributed by atoms with Crippen molar-refractivity contribution < 1.29 is 9.34 Å². The number of nitrogens with one attached hydrogen (secondary N) is 1. The molecule has 0 aliphatic carbocycles. The van der Waals surface area contributed by atoms with E-state index < -0.39 is 4.92 Å². The standard InChI is InChI=1S/C24H29ClN4O3/c1-4-28(5-2)14-6-7-17(3)26-23-16-19(27-22-15-18(25)8-12-21(22)23)9-10-20-11-13-24(32-20)29(30)31/h8-13,15-17H,4-7,14H2,1-3H3,(H,26,27)/b10-9+. The van der Waals surface area contributed by atoms with Crippen molar-refractivity contribution in [3.05, 3.63) is 63.0 Å².